The van der Waals surface area contributed by atoms with Gasteiger partial charge in [0.15, 0.2) is 5.82 Å². The van der Waals surface area contributed by atoms with Crippen LogP contribution in [-0.2, 0) is 27.1 Å². The lowest BCUT2D eigenvalue weighted by Gasteiger charge is -2.42. The molecule has 17 nitrogen and oxygen atoms in total. The summed E-state index contributed by atoms with van der Waals surface area (Å²) in [6, 6.07) is 11.2. The summed E-state index contributed by atoms with van der Waals surface area (Å²) in [5.41, 5.74) is 8.50. The molecule has 4 aromatic rings. The summed E-state index contributed by atoms with van der Waals surface area (Å²) in [6.07, 6.45) is 7.09. The second-order valence-corrected chi connectivity index (χ2v) is 23.7. The number of halogens is 3. The number of aliphatic hydroxyl groups is 1. The molecule has 0 radical (unpaired) electrons. The maximum atomic E-state index is 14.4. The van der Waals surface area contributed by atoms with E-state index in [2.05, 4.69) is 47.2 Å². The van der Waals surface area contributed by atoms with Gasteiger partial charge < -0.3 is 46.2 Å². The van der Waals surface area contributed by atoms with E-state index < -0.39 is 53.7 Å². The molecule has 78 heavy (non-hydrogen) atoms. The van der Waals surface area contributed by atoms with Crippen molar-refractivity contribution in [1.29, 1.82) is 0 Å². The number of fused-ring (bicyclic) bond motifs is 2. The topological polar surface area (TPSA) is 219 Å². The van der Waals surface area contributed by atoms with E-state index in [4.69, 9.17) is 15.7 Å². The number of phenolic OH excluding ortho intramolecular Hbond substituents is 1. The van der Waals surface area contributed by atoms with Gasteiger partial charge in [-0.3, -0.25) is 19.4 Å². The van der Waals surface area contributed by atoms with Crippen molar-refractivity contribution in [2.45, 2.75) is 134 Å². The number of nitrogens with one attached hydrogen (secondary N) is 2. The third kappa shape index (κ3) is 12.4. The van der Waals surface area contributed by atoms with Gasteiger partial charge in [-0.25, -0.2) is 9.97 Å². The van der Waals surface area contributed by atoms with Crippen LogP contribution >= 0.6 is 11.8 Å². The number of para-hydroxylation sites is 1. The first-order chi connectivity index (χ1) is 37.2. The number of piperidine rings is 1. The van der Waals surface area contributed by atoms with Crippen LogP contribution in [-0.4, -0.2) is 140 Å². The Bertz CT molecular complexity index is 2850. The monoisotopic (exact) mass is 1090 g/mol. The van der Waals surface area contributed by atoms with E-state index in [9.17, 15) is 37.8 Å². The van der Waals surface area contributed by atoms with Crippen molar-refractivity contribution in [1.82, 2.24) is 40.6 Å². The summed E-state index contributed by atoms with van der Waals surface area (Å²) < 4.78 is 43.1. The molecule has 2 aromatic heterocycles. The molecule has 3 amide bonds. The number of β-amino-alcohol motifs (C(OH)–C–C–N with tert-alkyl or cyclic N) is 1. The van der Waals surface area contributed by atoms with Gasteiger partial charge in [-0.1, -0.05) is 45.0 Å². The summed E-state index contributed by atoms with van der Waals surface area (Å²) in [4.78, 5) is 64.8. The normalized spacial score (nSPS) is 23.9. The van der Waals surface area contributed by atoms with Crippen LogP contribution in [0.4, 0.5) is 30.6 Å². The Morgan fingerprint density at radius 3 is 2.22 bits per heavy atom. The van der Waals surface area contributed by atoms with Crippen LogP contribution in [0.3, 0.4) is 0 Å². The highest BCUT2D eigenvalue weighted by atomic mass is 32.2. The number of nitrogens with two attached hydrogens (primary N) is 1. The number of alkyl halides is 3. The number of thioether (sulfide) groups is 1. The fourth-order valence-corrected chi connectivity index (χ4v) is 13.1. The fourth-order valence-electron chi connectivity index (χ4n) is 12.4. The molecular weight excluding hydrogens is 1020 g/mol. The number of aliphatic hydroxyl groups excluding tert-OH is 1. The molecule has 5 aliphatic rings. The Balaban J connectivity index is 0.735. The van der Waals surface area contributed by atoms with Crippen molar-refractivity contribution in [2.75, 3.05) is 61.1 Å². The molecule has 0 spiro atoms. The Hall–Kier alpha value is -6.32. The van der Waals surface area contributed by atoms with Crippen LogP contribution in [0.5, 0.6) is 5.75 Å². The third-order valence-corrected chi connectivity index (χ3v) is 17.6. The molecule has 9 rings (SSSR count). The minimum Gasteiger partial charge on any atom is -0.507 e. The predicted octanol–water partition coefficient (Wildman–Crippen LogP) is 7.64. The van der Waals surface area contributed by atoms with E-state index in [-0.39, 0.29) is 48.2 Å². The SMILES string of the molecule is C=N/C(C)=C(\SC)c1ccc(CNC(=O)[C@@H]2C[C@@H](O)CN2C(=O)[C@@H](NC(=O)C2CCC(CN3CCC(c4cnc(N5C6CCC5CN(c5cc(-c7ccccc7O)nnc5N)C6)nc4)CC3)CC2)C(C)(C)C)c(C(F)(F)F)c1. The number of hydrogen-bond donors (Lipinski definition) is 5. The highest BCUT2D eigenvalue weighted by molar-refractivity contribution is 8.07. The number of likely N-dealkylation sites (tertiary alicyclic amines) is 2. The van der Waals surface area contributed by atoms with E-state index in [1.54, 1.807) is 31.4 Å². The summed E-state index contributed by atoms with van der Waals surface area (Å²) in [5, 5.41) is 35.3. The lowest BCUT2D eigenvalue weighted by atomic mass is 9.80. The number of hydrogen-bond acceptors (Lipinski definition) is 15. The second kappa shape index (κ2) is 23.6. The van der Waals surface area contributed by atoms with Gasteiger partial charge in [-0.2, -0.15) is 13.2 Å². The molecule has 5 fully saturated rings. The molecule has 6 N–H and O–H groups in total. The molecule has 2 bridgehead atoms. The summed E-state index contributed by atoms with van der Waals surface area (Å²) in [5.74, 6) is 0.338. The summed E-state index contributed by atoms with van der Waals surface area (Å²) in [7, 11) is 0. The Labute approximate surface area is 458 Å². The highest BCUT2D eigenvalue weighted by Gasteiger charge is 2.46. The van der Waals surface area contributed by atoms with Crippen LogP contribution in [0.15, 0.2) is 71.6 Å². The van der Waals surface area contributed by atoms with Gasteiger partial charge >= 0.3 is 6.18 Å². The van der Waals surface area contributed by atoms with E-state index >= 15 is 0 Å². The van der Waals surface area contributed by atoms with Crippen LogP contribution < -0.4 is 26.2 Å². The molecule has 2 unspecified atom stereocenters. The fraction of sp³-hybridized carbons (Fsp3) is 0.544. The molecule has 418 valence electrons. The zero-order valence-electron chi connectivity index (χ0n) is 45.2. The number of allylic oxidation sites excluding steroid dienone is 1. The number of carbonyl (C=O) groups is 3. The second-order valence-electron chi connectivity index (χ2n) is 22.9. The number of benzene rings is 2. The number of carbonyl (C=O) groups excluding carboxylic acids is 3. The quantitative estimate of drug-likeness (QED) is 0.0723. The number of aromatic hydroxyl groups is 1. The average molecular weight is 1100 g/mol. The number of aromatic nitrogens is 4. The van der Waals surface area contributed by atoms with E-state index in [0.717, 1.165) is 94.5 Å². The number of piperazine rings is 1. The number of aliphatic imine (C=N–C) groups is 1. The lowest BCUT2D eigenvalue weighted by Crippen LogP contribution is -2.58. The van der Waals surface area contributed by atoms with Gasteiger partial charge in [0.25, 0.3) is 0 Å². The number of nitrogens with zero attached hydrogens (tertiary/aromatic N) is 9. The van der Waals surface area contributed by atoms with Crippen molar-refractivity contribution in [3.05, 3.63) is 88.9 Å². The molecule has 1 aliphatic carbocycles. The van der Waals surface area contributed by atoms with Gasteiger partial charge in [-0.15, -0.1) is 22.0 Å². The molecule has 1 saturated carbocycles. The van der Waals surface area contributed by atoms with Crippen molar-refractivity contribution in [3.63, 3.8) is 0 Å². The molecule has 21 heteroatoms. The van der Waals surface area contributed by atoms with E-state index in [1.807, 2.05) is 51.4 Å². The molecule has 2 aromatic carbocycles. The first-order valence-corrected chi connectivity index (χ1v) is 28.4. The van der Waals surface area contributed by atoms with Crippen LogP contribution in [0.2, 0.25) is 0 Å². The number of rotatable bonds is 15. The van der Waals surface area contributed by atoms with Crippen molar-refractivity contribution in [2.24, 2.45) is 22.2 Å². The maximum absolute atomic E-state index is 14.4. The number of amides is 3. The van der Waals surface area contributed by atoms with Gasteiger partial charge in [-0.05, 0) is 143 Å². The molecule has 6 heterocycles. The van der Waals surface area contributed by atoms with Gasteiger partial charge in [0.2, 0.25) is 23.7 Å². The Morgan fingerprint density at radius 1 is 0.910 bits per heavy atom. The van der Waals surface area contributed by atoms with Gasteiger partial charge in [0, 0.05) is 80.0 Å². The van der Waals surface area contributed by atoms with Crippen molar-refractivity contribution in [3.8, 4) is 17.0 Å². The lowest BCUT2D eigenvalue weighted by molar-refractivity contribution is -0.144. The molecule has 4 aliphatic heterocycles. The van der Waals surface area contributed by atoms with E-state index in [0.29, 0.717) is 57.9 Å². The van der Waals surface area contributed by atoms with Crippen LogP contribution in [0, 0.1) is 17.3 Å². The summed E-state index contributed by atoms with van der Waals surface area (Å²) in [6.45, 7) is 14.4. The number of phenols is 1. The molecule has 4 saturated heterocycles. The van der Waals surface area contributed by atoms with Crippen molar-refractivity contribution < 1.29 is 37.8 Å². The molecular formula is C57H73F3N12O5S. The minimum absolute atomic E-state index is 0.0949. The zero-order chi connectivity index (χ0) is 55.6. The highest BCUT2D eigenvalue weighted by Crippen LogP contribution is 2.41. The van der Waals surface area contributed by atoms with Crippen LogP contribution in [0.25, 0.3) is 16.2 Å². The van der Waals surface area contributed by atoms with E-state index in [1.165, 1.54) is 22.7 Å². The minimum atomic E-state index is -4.72. The largest absolute Gasteiger partial charge is 0.507 e. The number of nitrogen functional groups attached to an aromatic ring is 1. The smallest absolute Gasteiger partial charge is 0.416 e. The Morgan fingerprint density at radius 2 is 1.59 bits per heavy atom. The third-order valence-electron chi connectivity index (χ3n) is 16.7. The van der Waals surface area contributed by atoms with Gasteiger partial charge in [0.1, 0.15) is 17.8 Å². The first-order valence-electron chi connectivity index (χ1n) is 27.2. The standard InChI is InChI=1S/C57H73F3N12O5S/c1-33(62-5)49(78-6)37-15-16-38(44(23-37)57(58,59)60)26-63-53(76)47-24-42(73)32-71(47)54(77)50(56(2,3)4)66-52(75)36-13-11-34(12-14-36)29-69-21-19-35(20-22-69)39-27-64-55(65-28-39)72-40-17-18-41(72)31-70(30-40)46-25-45(67-68-51(46)61)43-9-7-8-10-48(43)74/h7-10,15-16,23,25,27-28,34-36,40-42,47,50,73-74H,5,11-14,17-22,24,26,29-32H2,1-4,6H3,(H2,61,68)(H,63,76)(H,66,75)/b49-33-/t34?,36?,40?,41?,42-,47+,50-/m1/s1. The van der Waals surface area contributed by atoms with Crippen molar-refractivity contribution >= 4 is 58.6 Å². The van der Waals surface area contributed by atoms with Gasteiger partial charge in [0.05, 0.1) is 28.7 Å². The molecule has 5 atom stereocenters. The predicted molar refractivity (Wildman–Crippen MR) is 297 cm³/mol. The summed E-state index contributed by atoms with van der Waals surface area (Å²) >= 11 is 1.25. The zero-order valence-corrected chi connectivity index (χ0v) is 46.0. The Kier molecular flexibility index (Phi) is 17.0. The average Bonchev–Trinajstić information content (AvgIpc) is 4.00. The number of anilines is 3. The first kappa shape index (κ1) is 56.4. The van der Waals surface area contributed by atoms with Crippen LogP contribution in [0.1, 0.15) is 114 Å². The maximum Gasteiger partial charge on any atom is 0.416 e.